The van der Waals surface area contributed by atoms with Gasteiger partial charge in [-0.1, -0.05) is 5.21 Å². The first-order chi connectivity index (χ1) is 13.5. The van der Waals surface area contributed by atoms with Crippen LogP contribution in [0.1, 0.15) is 28.5 Å². The summed E-state index contributed by atoms with van der Waals surface area (Å²) in [6.45, 7) is 2.34. The van der Waals surface area contributed by atoms with Gasteiger partial charge in [0.05, 0.1) is 18.8 Å². The maximum absolute atomic E-state index is 12.8. The summed E-state index contributed by atoms with van der Waals surface area (Å²) < 4.78 is 3.24. The molecule has 28 heavy (non-hydrogen) atoms. The van der Waals surface area contributed by atoms with Crippen LogP contribution in [0.5, 0.6) is 0 Å². The van der Waals surface area contributed by atoms with Crippen molar-refractivity contribution < 1.29 is 9.59 Å². The molecule has 1 fully saturated rings. The van der Waals surface area contributed by atoms with Crippen molar-refractivity contribution in [2.24, 2.45) is 5.92 Å². The molecular weight excluding hydrogens is 362 g/mol. The Balaban J connectivity index is 1.70. The molecule has 2 aromatic rings. The maximum atomic E-state index is 12.8. The first-order valence-corrected chi connectivity index (χ1v) is 9.36. The Hall–Kier alpha value is -3.01. The standard InChI is InChI=1S/C18H23N7O3/c1-23-6-4-20-16(26)7-12-8-19-9-15(12)25-11-13(21-22-25)10-24-5-2-3-14(17(23)27)18(24)28/h2-3,5,11-12,15,19H,4,6-10H2,1H3,(H,20,26)/t12-,15+/m0/s1. The van der Waals surface area contributed by atoms with Crippen molar-refractivity contribution in [3.8, 4) is 0 Å². The van der Waals surface area contributed by atoms with Crippen molar-refractivity contribution in [3.05, 3.63) is 46.1 Å². The summed E-state index contributed by atoms with van der Waals surface area (Å²) in [5.74, 6) is -0.327. The molecule has 10 nitrogen and oxygen atoms in total. The smallest absolute Gasteiger partial charge is 0.263 e. The van der Waals surface area contributed by atoms with Gasteiger partial charge in [0.1, 0.15) is 11.3 Å². The topological polar surface area (TPSA) is 114 Å². The van der Waals surface area contributed by atoms with E-state index >= 15 is 0 Å². The van der Waals surface area contributed by atoms with Crippen LogP contribution in [0, 0.1) is 5.92 Å². The van der Waals surface area contributed by atoms with E-state index in [-0.39, 0.29) is 41.4 Å². The van der Waals surface area contributed by atoms with E-state index in [1.165, 1.54) is 15.5 Å². The second kappa shape index (κ2) is 7.55. The van der Waals surface area contributed by atoms with Gasteiger partial charge in [-0.05, 0) is 12.1 Å². The van der Waals surface area contributed by atoms with Crippen molar-refractivity contribution in [1.82, 2.24) is 35.1 Å². The van der Waals surface area contributed by atoms with Gasteiger partial charge in [0.2, 0.25) is 5.91 Å². The summed E-state index contributed by atoms with van der Waals surface area (Å²) in [5, 5.41) is 14.6. The Bertz CT molecular complexity index is 951. The highest BCUT2D eigenvalue weighted by Crippen LogP contribution is 2.24. The molecule has 2 aromatic heterocycles. The second-order valence-electron chi connectivity index (χ2n) is 7.31. The fraction of sp³-hybridized carbons (Fsp3) is 0.500. The minimum Gasteiger partial charge on any atom is -0.354 e. The van der Waals surface area contributed by atoms with Gasteiger partial charge in [-0.15, -0.1) is 5.10 Å². The second-order valence-corrected chi connectivity index (χ2v) is 7.31. The molecule has 0 unspecified atom stereocenters. The molecule has 2 atom stereocenters. The van der Waals surface area contributed by atoms with E-state index in [4.69, 9.17) is 0 Å². The van der Waals surface area contributed by atoms with Crippen molar-refractivity contribution in [2.45, 2.75) is 19.0 Å². The molecule has 0 saturated carbocycles. The number of carbonyl (C=O) groups excluding carboxylic acids is 2. The van der Waals surface area contributed by atoms with Gasteiger partial charge >= 0.3 is 0 Å². The Labute approximate surface area is 161 Å². The Morgan fingerprint density at radius 3 is 2.93 bits per heavy atom. The quantitative estimate of drug-likeness (QED) is 0.591. The normalized spacial score (nSPS) is 23.4. The molecule has 0 radical (unpaired) electrons. The SMILES string of the molecule is CN1CCNC(=O)C[C@H]2CNC[C@H]2n2cc(nn2)Cn2cccc(c2=O)C1=O. The van der Waals surface area contributed by atoms with E-state index < -0.39 is 0 Å². The van der Waals surface area contributed by atoms with E-state index in [2.05, 4.69) is 20.9 Å². The highest BCUT2D eigenvalue weighted by Gasteiger charge is 2.31. The Morgan fingerprint density at radius 1 is 1.21 bits per heavy atom. The molecule has 4 bridgehead atoms. The molecule has 4 heterocycles. The van der Waals surface area contributed by atoms with E-state index in [9.17, 15) is 14.4 Å². The van der Waals surface area contributed by atoms with Gasteiger partial charge in [0.25, 0.3) is 11.5 Å². The highest BCUT2D eigenvalue weighted by atomic mass is 16.2. The van der Waals surface area contributed by atoms with E-state index in [1.54, 1.807) is 24.0 Å². The number of pyridine rings is 1. The number of aromatic nitrogens is 4. The number of hydrogen-bond acceptors (Lipinski definition) is 6. The number of rotatable bonds is 0. The molecule has 0 aliphatic carbocycles. The average molecular weight is 385 g/mol. The number of likely N-dealkylation sites (N-methyl/N-ethyl adjacent to an activating group) is 1. The fourth-order valence-electron chi connectivity index (χ4n) is 3.76. The molecule has 2 aliphatic rings. The summed E-state index contributed by atoms with van der Waals surface area (Å²) >= 11 is 0. The number of hydrogen-bond donors (Lipinski definition) is 2. The Kier molecular flexibility index (Phi) is 4.95. The third kappa shape index (κ3) is 3.55. The third-order valence-corrected chi connectivity index (χ3v) is 5.35. The summed E-state index contributed by atoms with van der Waals surface area (Å²) in [6.07, 6.45) is 3.83. The molecule has 4 rings (SSSR count). The van der Waals surface area contributed by atoms with Crippen LogP contribution >= 0.6 is 0 Å². The third-order valence-electron chi connectivity index (χ3n) is 5.35. The van der Waals surface area contributed by atoms with Crippen molar-refractivity contribution in [1.29, 1.82) is 0 Å². The zero-order valence-corrected chi connectivity index (χ0v) is 15.7. The van der Waals surface area contributed by atoms with Crippen molar-refractivity contribution >= 4 is 11.8 Å². The molecule has 0 spiro atoms. The van der Waals surface area contributed by atoms with E-state index in [1.807, 2.05) is 6.20 Å². The molecule has 0 aromatic carbocycles. The zero-order chi connectivity index (χ0) is 19.7. The Morgan fingerprint density at radius 2 is 2.07 bits per heavy atom. The van der Waals surface area contributed by atoms with Gasteiger partial charge < -0.3 is 20.1 Å². The molecule has 1 saturated heterocycles. The predicted molar refractivity (Wildman–Crippen MR) is 99.8 cm³/mol. The lowest BCUT2D eigenvalue weighted by molar-refractivity contribution is -0.122. The first kappa shape index (κ1) is 18.4. The van der Waals surface area contributed by atoms with Crippen LogP contribution < -0.4 is 16.2 Å². The minimum absolute atomic E-state index is 0.0345. The molecular formula is C18H23N7O3. The number of nitrogens with one attached hydrogen (secondary N) is 2. The van der Waals surface area contributed by atoms with Gasteiger partial charge in [0.15, 0.2) is 0 Å². The van der Waals surface area contributed by atoms with Gasteiger partial charge in [-0.3, -0.25) is 14.4 Å². The summed E-state index contributed by atoms with van der Waals surface area (Å²) in [7, 11) is 1.62. The number of amides is 2. The lowest BCUT2D eigenvalue weighted by Crippen LogP contribution is -2.39. The monoisotopic (exact) mass is 385 g/mol. The molecule has 2 N–H and O–H groups in total. The average Bonchev–Trinajstić information content (AvgIpc) is 3.31. The highest BCUT2D eigenvalue weighted by molar-refractivity contribution is 5.93. The molecule has 2 amide bonds. The number of nitrogens with zero attached hydrogens (tertiary/aromatic N) is 5. The van der Waals surface area contributed by atoms with Crippen LogP contribution in [-0.2, 0) is 11.3 Å². The number of carbonyl (C=O) groups is 2. The summed E-state index contributed by atoms with van der Waals surface area (Å²) in [5.41, 5.74) is 0.351. The van der Waals surface area contributed by atoms with Gasteiger partial charge in [-0.2, -0.15) is 0 Å². The largest absolute Gasteiger partial charge is 0.354 e. The fourth-order valence-corrected chi connectivity index (χ4v) is 3.76. The molecule has 10 heteroatoms. The minimum atomic E-state index is -0.371. The summed E-state index contributed by atoms with van der Waals surface area (Å²) in [6, 6.07) is 3.23. The predicted octanol–water partition coefficient (Wildman–Crippen LogP) is -1.16. The van der Waals surface area contributed by atoms with Crippen molar-refractivity contribution in [2.75, 3.05) is 33.2 Å². The van der Waals surface area contributed by atoms with E-state index in [0.717, 1.165) is 6.54 Å². The molecule has 148 valence electrons. The van der Waals surface area contributed by atoms with Crippen LogP contribution in [0.4, 0.5) is 0 Å². The number of fused-ring (bicyclic) bond motifs is 6. The molecule has 2 aliphatic heterocycles. The van der Waals surface area contributed by atoms with Crippen LogP contribution in [-0.4, -0.2) is 69.5 Å². The lowest BCUT2D eigenvalue weighted by Gasteiger charge is -2.20. The van der Waals surface area contributed by atoms with Crippen LogP contribution in [0.15, 0.2) is 29.3 Å². The maximum Gasteiger partial charge on any atom is 0.263 e. The van der Waals surface area contributed by atoms with E-state index in [0.29, 0.717) is 31.7 Å². The zero-order valence-electron chi connectivity index (χ0n) is 15.7. The lowest BCUT2D eigenvalue weighted by atomic mass is 9.99. The van der Waals surface area contributed by atoms with Gasteiger partial charge in [-0.25, -0.2) is 4.68 Å². The van der Waals surface area contributed by atoms with Crippen LogP contribution in [0.25, 0.3) is 0 Å². The van der Waals surface area contributed by atoms with Crippen LogP contribution in [0.3, 0.4) is 0 Å². The van der Waals surface area contributed by atoms with Gasteiger partial charge in [0, 0.05) is 51.8 Å². The van der Waals surface area contributed by atoms with Crippen molar-refractivity contribution in [3.63, 3.8) is 0 Å². The summed E-state index contributed by atoms with van der Waals surface area (Å²) in [4.78, 5) is 39.2. The first-order valence-electron chi connectivity index (χ1n) is 9.36. The van der Waals surface area contributed by atoms with Crippen LogP contribution in [0.2, 0.25) is 0 Å².